The lowest BCUT2D eigenvalue weighted by molar-refractivity contribution is 0.542. The zero-order valence-corrected chi connectivity index (χ0v) is 22.0. The van der Waals surface area contributed by atoms with E-state index in [1.165, 1.54) is 161 Å². The minimum Gasteiger partial charge on any atom is -0.330 e. The molecule has 0 bridgehead atoms. The van der Waals surface area contributed by atoms with Crippen LogP contribution >= 0.6 is 0 Å². The number of nitrogens with two attached hydrogens (primary N) is 1. The standard InChI is InChI=1S/C15H32.C14H31N/c1-3-5-7-9-11-13-15-14-12-10-8-6-4-2;1-2-3-4-5-6-7-8-9-10-11-12-13-14-15/h3-15H2,1-2H3;2-15H2,1H3. The van der Waals surface area contributed by atoms with E-state index >= 15 is 0 Å². The van der Waals surface area contributed by atoms with Crippen molar-refractivity contribution in [2.75, 3.05) is 6.54 Å². The van der Waals surface area contributed by atoms with Gasteiger partial charge in [0.1, 0.15) is 0 Å². The fourth-order valence-corrected chi connectivity index (χ4v) is 4.08. The molecule has 30 heavy (non-hydrogen) atoms. The van der Waals surface area contributed by atoms with Crippen LogP contribution in [0, 0.1) is 0 Å². The Morgan fingerprint density at radius 1 is 0.267 bits per heavy atom. The summed E-state index contributed by atoms with van der Waals surface area (Å²) in [6, 6.07) is 0. The zero-order valence-electron chi connectivity index (χ0n) is 22.0. The van der Waals surface area contributed by atoms with Crippen molar-refractivity contribution in [2.24, 2.45) is 5.73 Å². The second-order valence-electron chi connectivity index (χ2n) is 9.57. The molecule has 0 atom stereocenters. The second-order valence-corrected chi connectivity index (χ2v) is 9.57. The molecule has 1 heteroatoms. The normalized spacial score (nSPS) is 10.8. The lowest BCUT2D eigenvalue weighted by atomic mass is 10.1. The highest BCUT2D eigenvalue weighted by Crippen LogP contribution is 2.13. The summed E-state index contributed by atoms with van der Waals surface area (Å²) in [4.78, 5) is 0. The summed E-state index contributed by atoms with van der Waals surface area (Å²) < 4.78 is 0. The average Bonchev–Trinajstić information content (AvgIpc) is 2.76. The van der Waals surface area contributed by atoms with Crippen LogP contribution in [0.5, 0.6) is 0 Å². The van der Waals surface area contributed by atoms with Gasteiger partial charge >= 0.3 is 0 Å². The quantitative estimate of drug-likeness (QED) is 0.153. The summed E-state index contributed by atoms with van der Waals surface area (Å²) in [6.45, 7) is 7.73. The van der Waals surface area contributed by atoms with Crippen molar-refractivity contribution < 1.29 is 0 Å². The molecule has 184 valence electrons. The highest BCUT2D eigenvalue weighted by Gasteiger charge is 1.93. The summed E-state index contributed by atoms with van der Waals surface area (Å²) in [5.74, 6) is 0. The van der Waals surface area contributed by atoms with Crippen molar-refractivity contribution in [3.63, 3.8) is 0 Å². The van der Waals surface area contributed by atoms with Gasteiger partial charge in [-0.2, -0.15) is 0 Å². The van der Waals surface area contributed by atoms with Crippen molar-refractivity contribution in [3.8, 4) is 0 Å². The Morgan fingerprint density at radius 2 is 0.433 bits per heavy atom. The summed E-state index contributed by atoms with van der Waals surface area (Å²) in [7, 11) is 0. The largest absolute Gasteiger partial charge is 0.330 e. The first kappa shape index (κ1) is 32.1. The van der Waals surface area contributed by atoms with E-state index in [1.807, 2.05) is 0 Å². The highest BCUT2D eigenvalue weighted by molar-refractivity contribution is 4.49. The minimum absolute atomic E-state index is 0.872. The topological polar surface area (TPSA) is 26.0 Å². The Morgan fingerprint density at radius 3 is 0.600 bits per heavy atom. The van der Waals surface area contributed by atoms with Gasteiger partial charge in [0, 0.05) is 0 Å². The molecule has 0 spiro atoms. The van der Waals surface area contributed by atoms with Gasteiger partial charge in [-0.25, -0.2) is 0 Å². The van der Waals surface area contributed by atoms with Crippen LogP contribution in [0.25, 0.3) is 0 Å². The molecule has 0 aliphatic carbocycles. The van der Waals surface area contributed by atoms with E-state index in [0.29, 0.717) is 0 Å². The molecule has 0 heterocycles. The first-order valence-corrected chi connectivity index (χ1v) is 14.5. The lowest BCUT2D eigenvalue weighted by Crippen LogP contribution is -1.97. The number of hydrogen-bond acceptors (Lipinski definition) is 1. The van der Waals surface area contributed by atoms with Crippen LogP contribution in [0.4, 0.5) is 0 Å². The summed E-state index contributed by atoms with van der Waals surface area (Å²) in [5, 5.41) is 0. The maximum atomic E-state index is 5.45. The van der Waals surface area contributed by atoms with Gasteiger partial charge in [-0.3, -0.25) is 0 Å². The maximum Gasteiger partial charge on any atom is -0.00773 e. The Balaban J connectivity index is 0. The Kier molecular flexibility index (Phi) is 36.0. The van der Waals surface area contributed by atoms with Crippen LogP contribution in [0.1, 0.15) is 181 Å². The molecule has 2 N–H and O–H groups in total. The first-order valence-electron chi connectivity index (χ1n) is 14.5. The van der Waals surface area contributed by atoms with Crippen LogP contribution in [0.3, 0.4) is 0 Å². The van der Waals surface area contributed by atoms with Crippen LogP contribution in [-0.4, -0.2) is 6.54 Å². The van der Waals surface area contributed by atoms with Crippen LogP contribution in [0.2, 0.25) is 0 Å². The van der Waals surface area contributed by atoms with E-state index in [1.54, 1.807) is 0 Å². The fraction of sp³-hybridized carbons (Fsp3) is 1.00. The van der Waals surface area contributed by atoms with Gasteiger partial charge in [-0.05, 0) is 13.0 Å². The third kappa shape index (κ3) is 35.4. The minimum atomic E-state index is 0.872. The lowest BCUT2D eigenvalue weighted by Gasteiger charge is -2.01. The maximum absolute atomic E-state index is 5.45. The predicted molar refractivity (Wildman–Crippen MR) is 142 cm³/mol. The average molecular weight is 426 g/mol. The molecule has 0 rings (SSSR count). The molecule has 0 aromatic carbocycles. The second kappa shape index (κ2) is 33.6. The molecule has 0 amide bonds. The van der Waals surface area contributed by atoms with Crippen LogP contribution in [-0.2, 0) is 0 Å². The number of hydrogen-bond donors (Lipinski definition) is 1. The third-order valence-electron chi connectivity index (χ3n) is 6.26. The van der Waals surface area contributed by atoms with Gasteiger partial charge in [0.2, 0.25) is 0 Å². The molecule has 0 saturated heterocycles. The van der Waals surface area contributed by atoms with Gasteiger partial charge in [0.25, 0.3) is 0 Å². The van der Waals surface area contributed by atoms with Crippen LogP contribution in [0.15, 0.2) is 0 Å². The number of rotatable bonds is 24. The molecule has 0 aromatic heterocycles. The van der Waals surface area contributed by atoms with Gasteiger partial charge in [-0.1, -0.05) is 175 Å². The van der Waals surface area contributed by atoms with E-state index in [4.69, 9.17) is 5.73 Å². The van der Waals surface area contributed by atoms with Crippen molar-refractivity contribution in [1.82, 2.24) is 0 Å². The summed E-state index contributed by atoms with van der Waals surface area (Å²) in [6.07, 6.45) is 35.8. The predicted octanol–water partition coefficient (Wildman–Crippen LogP) is 10.7. The van der Waals surface area contributed by atoms with E-state index in [9.17, 15) is 0 Å². The third-order valence-corrected chi connectivity index (χ3v) is 6.26. The smallest absolute Gasteiger partial charge is 0.00773 e. The Bertz CT molecular complexity index is 201. The molecule has 0 fully saturated rings. The van der Waals surface area contributed by atoms with Crippen molar-refractivity contribution in [3.05, 3.63) is 0 Å². The molecule has 0 saturated carbocycles. The SMILES string of the molecule is CCCCCCCCCCCCCCC.CCCCCCCCCCCCCCN. The molecule has 0 radical (unpaired) electrons. The van der Waals surface area contributed by atoms with Gasteiger partial charge in [0.05, 0.1) is 0 Å². The summed E-state index contributed by atoms with van der Waals surface area (Å²) in [5.41, 5.74) is 5.45. The van der Waals surface area contributed by atoms with Gasteiger partial charge < -0.3 is 5.73 Å². The van der Waals surface area contributed by atoms with Crippen LogP contribution < -0.4 is 5.73 Å². The summed E-state index contributed by atoms with van der Waals surface area (Å²) >= 11 is 0. The molecule has 0 aliphatic rings. The van der Waals surface area contributed by atoms with E-state index in [2.05, 4.69) is 20.8 Å². The molecule has 0 unspecified atom stereocenters. The van der Waals surface area contributed by atoms with E-state index in [0.717, 1.165) is 6.54 Å². The number of unbranched alkanes of at least 4 members (excludes halogenated alkanes) is 23. The molecule has 0 aromatic rings. The zero-order chi connectivity index (χ0) is 22.4. The van der Waals surface area contributed by atoms with Crippen molar-refractivity contribution in [2.45, 2.75) is 181 Å². The fourth-order valence-electron chi connectivity index (χ4n) is 4.08. The molecule has 1 nitrogen and oxygen atoms in total. The van der Waals surface area contributed by atoms with Crippen molar-refractivity contribution >= 4 is 0 Å². The first-order chi connectivity index (χ1) is 14.8. The monoisotopic (exact) mass is 425 g/mol. The highest BCUT2D eigenvalue weighted by atomic mass is 14.5. The Hall–Kier alpha value is -0.0400. The molecular formula is C29H63N. The van der Waals surface area contributed by atoms with Gasteiger partial charge in [-0.15, -0.1) is 0 Å². The van der Waals surface area contributed by atoms with Crippen molar-refractivity contribution in [1.29, 1.82) is 0 Å². The van der Waals surface area contributed by atoms with Gasteiger partial charge in [0.15, 0.2) is 0 Å². The molecular weight excluding hydrogens is 362 g/mol. The van der Waals surface area contributed by atoms with E-state index < -0.39 is 0 Å². The van der Waals surface area contributed by atoms with E-state index in [-0.39, 0.29) is 0 Å². The molecule has 0 aliphatic heterocycles. The Labute approximate surface area is 193 Å².